The van der Waals surface area contributed by atoms with Crippen LogP contribution in [0, 0.1) is 6.92 Å². The summed E-state index contributed by atoms with van der Waals surface area (Å²) in [4.78, 5) is 29.6. The SMILES string of the molecule is CC.COC(=O)c1c[nH]c2c(C)cc(CN3CCOCC3)cc2c1=O. The van der Waals surface area contributed by atoms with Gasteiger partial charge >= 0.3 is 5.97 Å². The van der Waals surface area contributed by atoms with Gasteiger partial charge in [0.05, 0.1) is 25.8 Å². The van der Waals surface area contributed by atoms with Gasteiger partial charge in [-0.2, -0.15) is 0 Å². The van der Waals surface area contributed by atoms with Crippen molar-refractivity contribution in [3.63, 3.8) is 0 Å². The molecule has 0 amide bonds. The second-order valence-corrected chi connectivity index (χ2v) is 5.75. The lowest BCUT2D eigenvalue weighted by Gasteiger charge is -2.26. The molecule has 0 saturated carbocycles. The molecular formula is C19H26N2O4. The van der Waals surface area contributed by atoms with E-state index in [4.69, 9.17) is 4.74 Å². The minimum Gasteiger partial charge on any atom is -0.465 e. The molecule has 0 radical (unpaired) electrons. The van der Waals surface area contributed by atoms with Crippen LogP contribution < -0.4 is 5.43 Å². The fourth-order valence-electron chi connectivity index (χ4n) is 2.96. The van der Waals surface area contributed by atoms with Crippen LogP contribution in [0.4, 0.5) is 0 Å². The number of rotatable bonds is 3. The van der Waals surface area contributed by atoms with E-state index in [0.717, 1.165) is 49.5 Å². The zero-order chi connectivity index (χ0) is 18.4. The van der Waals surface area contributed by atoms with Gasteiger partial charge in [-0.05, 0) is 24.1 Å². The number of H-pyrrole nitrogens is 1. The first kappa shape index (κ1) is 19.1. The number of ether oxygens (including phenoxy) is 2. The summed E-state index contributed by atoms with van der Waals surface area (Å²) in [7, 11) is 1.27. The second-order valence-electron chi connectivity index (χ2n) is 5.75. The molecule has 0 aliphatic carbocycles. The van der Waals surface area contributed by atoms with Crippen molar-refractivity contribution < 1.29 is 14.3 Å². The zero-order valence-corrected chi connectivity index (χ0v) is 15.3. The summed E-state index contributed by atoms with van der Waals surface area (Å²) in [5.74, 6) is -0.621. The fraction of sp³-hybridized carbons (Fsp3) is 0.474. The minimum atomic E-state index is -0.621. The van der Waals surface area contributed by atoms with Crippen LogP contribution in [0.5, 0.6) is 0 Å². The maximum Gasteiger partial charge on any atom is 0.343 e. The summed E-state index contributed by atoms with van der Waals surface area (Å²) in [5.41, 5.74) is 2.54. The molecule has 1 saturated heterocycles. The van der Waals surface area contributed by atoms with Gasteiger partial charge in [-0.15, -0.1) is 0 Å². The predicted octanol–water partition coefficient (Wildman–Crippen LogP) is 2.48. The quantitative estimate of drug-likeness (QED) is 0.865. The van der Waals surface area contributed by atoms with Crippen LogP contribution >= 0.6 is 0 Å². The topological polar surface area (TPSA) is 71.6 Å². The number of pyridine rings is 1. The van der Waals surface area contributed by atoms with Crippen LogP contribution in [0.3, 0.4) is 0 Å². The highest BCUT2D eigenvalue weighted by molar-refractivity contribution is 5.94. The number of morpholine rings is 1. The van der Waals surface area contributed by atoms with Crippen molar-refractivity contribution in [1.29, 1.82) is 0 Å². The number of aromatic amines is 1. The second kappa shape index (κ2) is 8.78. The van der Waals surface area contributed by atoms with Crippen LogP contribution in [0.25, 0.3) is 10.9 Å². The Morgan fingerprint density at radius 3 is 2.60 bits per heavy atom. The Morgan fingerprint density at radius 1 is 1.28 bits per heavy atom. The fourth-order valence-corrected chi connectivity index (χ4v) is 2.96. The Hall–Kier alpha value is -2.18. The summed E-state index contributed by atoms with van der Waals surface area (Å²) in [6, 6.07) is 3.94. The molecule has 0 spiro atoms. The number of carbonyl (C=O) groups excluding carboxylic acids is 1. The van der Waals surface area contributed by atoms with Crippen molar-refractivity contribution in [2.24, 2.45) is 0 Å². The number of hydrogen-bond donors (Lipinski definition) is 1. The number of carbonyl (C=O) groups is 1. The van der Waals surface area contributed by atoms with E-state index in [1.807, 2.05) is 26.8 Å². The molecule has 2 heterocycles. The highest BCUT2D eigenvalue weighted by Crippen LogP contribution is 2.18. The highest BCUT2D eigenvalue weighted by atomic mass is 16.5. The molecule has 2 aromatic rings. The number of benzene rings is 1. The standard InChI is InChI=1S/C17H20N2O4.C2H6/c1-11-7-12(10-19-3-5-23-6-4-19)8-13-15(11)18-9-14(16(13)20)17(21)22-2;1-2/h7-9H,3-6,10H2,1-2H3,(H,18,20);1-2H3. The van der Waals surface area contributed by atoms with E-state index >= 15 is 0 Å². The maximum absolute atomic E-state index is 12.6. The summed E-state index contributed by atoms with van der Waals surface area (Å²) < 4.78 is 10.0. The molecule has 25 heavy (non-hydrogen) atoms. The van der Waals surface area contributed by atoms with E-state index in [1.165, 1.54) is 13.3 Å². The summed E-state index contributed by atoms with van der Waals surface area (Å²) in [5, 5.41) is 0.524. The van der Waals surface area contributed by atoms with Gasteiger partial charge in [0.15, 0.2) is 0 Å². The average molecular weight is 346 g/mol. The van der Waals surface area contributed by atoms with Gasteiger partial charge in [-0.1, -0.05) is 19.9 Å². The molecule has 1 N–H and O–H groups in total. The van der Waals surface area contributed by atoms with E-state index in [2.05, 4.69) is 20.7 Å². The van der Waals surface area contributed by atoms with E-state index in [1.54, 1.807) is 0 Å². The Kier molecular flexibility index (Phi) is 6.73. The zero-order valence-electron chi connectivity index (χ0n) is 15.3. The van der Waals surface area contributed by atoms with Gasteiger partial charge < -0.3 is 14.5 Å². The molecule has 6 heteroatoms. The molecule has 0 bridgehead atoms. The van der Waals surface area contributed by atoms with Crippen LogP contribution in [-0.4, -0.2) is 49.3 Å². The third-order valence-corrected chi connectivity index (χ3v) is 4.16. The third-order valence-electron chi connectivity index (χ3n) is 4.16. The number of esters is 1. The summed E-state index contributed by atoms with van der Waals surface area (Å²) in [6.07, 6.45) is 1.42. The largest absolute Gasteiger partial charge is 0.465 e. The van der Waals surface area contributed by atoms with Crippen LogP contribution in [-0.2, 0) is 16.0 Å². The number of nitrogens with zero attached hydrogens (tertiary/aromatic N) is 1. The number of aromatic nitrogens is 1. The molecule has 1 aromatic heterocycles. The van der Waals surface area contributed by atoms with Crippen molar-refractivity contribution in [1.82, 2.24) is 9.88 Å². The Balaban J connectivity index is 0.00000109. The number of fused-ring (bicyclic) bond motifs is 1. The lowest BCUT2D eigenvalue weighted by Crippen LogP contribution is -2.35. The van der Waals surface area contributed by atoms with Gasteiger partial charge in [0, 0.05) is 31.2 Å². The number of nitrogens with one attached hydrogen (secondary N) is 1. The molecule has 1 aromatic carbocycles. The number of aryl methyl sites for hydroxylation is 1. The monoisotopic (exact) mass is 346 g/mol. The van der Waals surface area contributed by atoms with Gasteiger partial charge in [0.2, 0.25) is 5.43 Å². The Labute approximate surface area is 147 Å². The molecular weight excluding hydrogens is 320 g/mol. The van der Waals surface area contributed by atoms with Crippen LogP contribution in [0.2, 0.25) is 0 Å². The van der Waals surface area contributed by atoms with Crippen molar-refractivity contribution in [3.05, 3.63) is 45.2 Å². The summed E-state index contributed by atoms with van der Waals surface area (Å²) >= 11 is 0. The van der Waals surface area contributed by atoms with Gasteiger partial charge in [0.1, 0.15) is 5.56 Å². The Bertz CT molecular complexity index is 792. The molecule has 136 valence electrons. The summed E-state index contributed by atoms with van der Waals surface area (Å²) in [6.45, 7) is 9.96. The first-order chi connectivity index (χ1) is 12.1. The van der Waals surface area contributed by atoms with Crippen LogP contribution in [0.1, 0.15) is 35.3 Å². The smallest absolute Gasteiger partial charge is 0.343 e. The number of methoxy groups -OCH3 is 1. The molecule has 6 nitrogen and oxygen atoms in total. The third kappa shape index (κ3) is 4.27. The number of hydrogen-bond acceptors (Lipinski definition) is 5. The Morgan fingerprint density at radius 2 is 1.96 bits per heavy atom. The lowest BCUT2D eigenvalue weighted by molar-refractivity contribution is 0.0342. The molecule has 1 aliphatic heterocycles. The molecule has 1 fully saturated rings. The van der Waals surface area contributed by atoms with Crippen molar-refractivity contribution in [2.75, 3.05) is 33.4 Å². The van der Waals surface area contributed by atoms with Crippen molar-refractivity contribution in [3.8, 4) is 0 Å². The van der Waals surface area contributed by atoms with Crippen LogP contribution in [0.15, 0.2) is 23.1 Å². The predicted molar refractivity (Wildman–Crippen MR) is 98.1 cm³/mol. The van der Waals surface area contributed by atoms with E-state index in [9.17, 15) is 9.59 Å². The van der Waals surface area contributed by atoms with Crippen molar-refractivity contribution >= 4 is 16.9 Å². The first-order valence-electron chi connectivity index (χ1n) is 8.63. The van der Waals surface area contributed by atoms with Crippen molar-refractivity contribution in [2.45, 2.75) is 27.3 Å². The molecule has 0 unspecified atom stereocenters. The average Bonchev–Trinajstić information content (AvgIpc) is 2.64. The lowest BCUT2D eigenvalue weighted by atomic mass is 10.0. The van der Waals surface area contributed by atoms with Gasteiger partial charge in [-0.25, -0.2) is 4.79 Å². The van der Waals surface area contributed by atoms with Gasteiger partial charge in [-0.3, -0.25) is 9.69 Å². The highest BCUT2D eigenvalue weighted by Gasteiger charge is 2.16. The normalized spacial score (nSPS) is 14.7. The molecule has 0 atom stereocenters. The maximum atomic E-state index is 12.6. The first-order valence-corrected chi connectivity index (χ1v) is 8.63. The van der Waals surface area contributed by atoms with Gasteiger partial charge in [0.25, 0.3) is 0 Å². The van der Waals surface area contributed by atoms with E-state index in [-0.39, 0.29) is 11.0 Å². The molecule has 1 aliphatic rings. The van der Waals surface area contributed by atoms with E-state index < -0.39 is 5.97 Å². The van der Waals surface area contributed by atoms with E-state index in [0.29, 0.717) is 5.39 Å². The minimum absolute atomic E-state index is 0.0305. The molecule has 3 rings (SSSR count).